The quantitative estimate of drug-likeness (QED) is 0.726. The summed E-state index contributed by atoms with van der Waals surface area (Å²) < 4.78 is 2.03. The van der Waals surface area contributed by atoms with Crippen LogP contribution < -0.4 is 0 Å². The van der Waals surface area contributed by atoms with Gasteiger partial charge in [0.2, 0.25) is 0 Å². The van der Waals surface area contributed by atoms with Gasteiger partial charge in [-0.15, -0.1) is 11.3 Å². The Hall–Kier alpha value is -2.40. The van der Waals surface area contributed by atoms with Gasteiger partial charge in [-0.25, -0.2) is 9.78 Å². The summed E-state index contributed by atoms with van der Waals surface area (Å²) in [7, 11) is 0. The van der Waals surface area contributed by atoms with Gasteiger partial charge in [0.25, 0.3) is 0 Å². The number of aliphatic carboxylic acids is 1. The van der Waals surface area contributed by atoms with Gasteiger partial charge in [0.15, 0.2) is 4.96 Å². The van der Waals surface area contributed by atoms with E-state index in [4.69, 9.17) is 10.1 Å². The number of nitrogens with zero attached hydrogens (tertiary/aromatic N) is 2. The van der Waals surface area contributed by atoms with Crippen LogP contribution in [0.3, 0.4) is 0 Å². The highest BCUT2D eigenvalue weighted by molar-refractivity contribution is 7.17. The van der Waals surface area contributed by atoms with E-state index in [2.05, 4.69) is 26.0 Å². The Balaban J connectivity index is 2.22. The third-order valence-electron chi connectivity index (χ3n) is 3.99. The van der Waals surface area contributed by atoms with Gasteiger partial charge in [-0.3, -0.25) is 4.40 Å². The molecule has 0 atom stereocenters. The van der Waals surface area contributed by atoms with Crippen molar-refractivity contribution in [3.8, 4) is 11.3 Å². The summed E-state index contributed by atoms with van der Waals surface area (Å²) in [6.45, 7) is 6.20. The monoisotopic (exact) mass is 326 g/mol. The molecule has 0 amide bonds. The zero-order valence-electron chi connectivity index (χ0n) is 13.3. The fraction of sp³-hybridized carbons (Fsp3) is 0.222. The summed E-state index contributed by atoms with van der Waals surface area (Å²) in [5, 5.41) is 8.97. The largest absolute Gasteiger partial charge is 0.478 e. The van der Waals surface area contributed by atoms with Crippen molar-refractivity contribution in [2.45, 2.75) is 27.2 Å². The fourth-order valence-corrected chi connectivity index (χ4v) is 3.56. The molecule has 0 bridgehead atoms. The molecular formula is C18H18N2O2S. The molecule has 3 aromatic rings. The number of aryl methyl sites for hydroxylation is 3. The molecule has 0 saturated carbocycles. The van der Waals surface area contributed by atoms with Crippen LogP contribution in [0.25, 0.3) is 22.3 Å². The zero-order valence-corrected chi connectivity index (χ0v) is 14.1. The van der Waals surface area contributed by atoms with E-state index in [1.165, 1.54) is 16.5 Å². The van der Waals surface area contributed by atoms with E-state index in [9.17, 15) is 4.79 Å². The Morgan fingerprint density at radius 3 is 2.61 bits per heavy atom. The standard InChI is InChI=1S/C18H18N2O2S/c1-4-13-5-7-14(8-6-13)17-15(9-10-16(21)22)20-11(2)12(3)23-18(20)19-17/h5-10H,4H2,1-3H3,(H,21,22)/b10-9+. The van der Waals surface area contributed by atoms with Crippen LogP contribution in [0.5, 0.6) is 0 Å². The number of carbonyl (C=O) groups is 1. The molecule has 23 heavy (non-hydrogen) atoms. The molecule has 1 N–H and O–H groups in total. The average molecular weight is 326 g/mol. The summed E-state index contributed by atoms with van der Waals surface area (Å²) in [5.41, 5.74) is 5.00. The van der Waals surface area contributed by atoms with Gasteiger partial charge >= 0.3 is 5.97 Å². The first-order valence-corrected chi connectivity index (χ1v) is 8.31. The number of hydrogen-bond acceptors (Lipinski definition) is 3. The van der Waals surface area contributed by atoms with Crippen molar-refractivity contribution >= 4 is 28.3 Å². The third-order valence-corrected chi connectivity index (χ3v) is 5.05. The topological polar surface area (TPSA) is 54.6 Å². The molecule has 118 valence electrons. The molecule has 0 spiro atoms. The number of thiazole rings is 1. The summed E-state index contributed by atoms with van der Waals surface area (Å²) >= 11 is 1.62. The first-order valence-electron chi connectivity index (χ1n) is 7.50. The Morgan fingerprint density at radius 2 is 2.00 bits per heavy atom. The Bertz CT molecular complexity index is 901. The van der Waals surface area contributed by atoms with Crippen molar-refractivity contribution < 1.29 is 9.90 Å². The lowest BCUT2D eigenvalue weighted by molar-refractivity contribution is -0.131. The molecule has 5 heteroatoms. The van der Waals surface area contributed by atoms with Gasteiger partial charge in [-0.2, -0.15) is 0 Å². The maximum absolute atomic E-state index is 10.9. The van der Waals surface area contributed by atoms with Crippen molar-refractivity contribution in [2.24, 2.45) is 0 Å². The third kappa shape index (κ3) is 2.80. The van der Waals surface area contributed by atoms with E-state index in [0.717, 1.165) is 34.0 Å². The second-order valence-corrected chi connectivity index (χ2v) is 6.61. The molecular weight excluding hydrogens is 308 g/mol. The first kappa shape index (κ1) is 15.5. The maximum atomic E-state index is 10.9. The highest BCUT2D eigenvalue weighted by atomic mass is 32.1. The minimum atomic E-state index is -0.961. The van der Waals surface area contributed by atoms with Crippen LogP contribution in [0.2, 0.25) is 0 Å². The molecule has 0 radical (unpaired) electrons. The molecule has 2 aromatic heterocycles. The van der Waals surface area contributed by atoms with Crippen molar-refractivity contribution in [1.29, 1.82) is 0 Å². The molecule has 0 unspecified atom stereocenters. The van der Waals surface area contributed by atoms with Gasteiger partial charge in [0.1, 0.15) is 0 Å². The van der Waals surface area contributed by atoms with Gasteiger partial charge in [0, 0.05) is 22.2 Å². The molecule has 0 aliphatic carbocycles. The van der Waals surface area contributed by atoms with E-state index in [0.29, 0.717) is 0 Å². The average Bonchev–Trinajstić information content (AvgIpc) is 3.02. The maximum Gasteiger partial charge on any atom is 0.328 e. The predicted octanol–water partition coefficient (Wildman–Crippen LogP) is 4.34. The van der Waals surface area contributed by atoms with E-state index in [-0.39, 0.29) is 0 Å². The second kappa shape index (κ2) is 6.01. The lowest BCUT2D eigenvalue weighted by Gasteiger charge is -2.03. The number of carboxylic acids is 1. The number of hydrogen-bond donors (Lipinski definition) is 1. The number of aromatic nitrogens is 2. The van der Waals surface area contributed by atoms with Crippen LogP contribution in [0, 0.1) is 13.8 Å². The van der Waals surface area contributed by atoms with Gasteiger partial charge in [-0.1, -0.05) is 31.2 Å². The van der Waals surface area contributed by atoms with Crippen molar-refractivity contribution in [1.82, 2.24) is 9.38 Å². The van der Waals surface area contributed by atoms with Crippen LogP contribution in [-0.2, 0) is 11.2 Å². The molecule has 0 saturated heterocycles. The van der Waals surface area contributed by atoms with Crippen LogP contribution >= 0.6 is 11.3 Å². The van der Waals surface area contributed by atoms with E-state index < -0.39 is 5.97 Å². The second-order valence-electron chi connectivity index (χ2n) is 5.43. The summed E-state index contributed by atoms with van der Waals surface area (Å²) in [4.78, 5) is 17.7. The molecule has 3 rings (SSSR count). The van der Waals surface area contributed by atoms with Crippen LogP contribution in [0.1, 0.15) is 28.8 Å². The Labute approximate surface area is 138 Å². The van der Waals surface area contributed by atoms with E-state index in [1.54, 1.807) is 17.4 Å². The normalized spacial score (nSPS) is 11.6. The predicted molar refractivity (Wildman–Crippen MR) is 94.0 cm³/mol. The van der Waals surface area contributed by atoms with Gasteiger partial charge < -0.3 is 5.11 Å². The van der Waals surface area contributed by atoms with Crippen LogP contribution in [-0.4, -0.2) is 20.5 Å². The zero-order chi connectivity index (χ0) is 16.6. The number of rotatable bonds is 4. The molecule has 0 aliphatic rings. The molecule has 1 aromatic carbocycles. The van der Waals surface area contributed by atoms with E-state index in [1.807, 2.05) is 23.5 Å². The fourth-order valence-electron chi connectivity index (χ4n) is 2.59. The summed E-state index contributed by atoms with van der Waals surface area (Å²) in [6, 6.07) is 8.27. The van der Waals surface area contributed by atoms with Crippen molar-refractivity contribution in [3.05, 3.63) is 52.2 Å². The lowest BCUT2D eigenvalue weighted by atomic mass is 10.1. The number of imidazole rings is 1. The lowest BCUT2D eigenvalue weighted by Crippen LogP contribution is -1.93. The first-order chi connectivity index (χ1) is 11.0. The summed E-state index contributed by atoms with van der Waals surface area (Å²) in [5.74, 6) is -0.961. The minimum absolute atomic E-state index is 0.813. The molecule has 0 aliphatic heterocycles. The van der Waals surface area contributed by atoms with Crippen molar-refractivity contribution in [2.75, 3.05) is 0 Å². The smallest absolute Gasteiger partial charge is 0.328 e. The highest BCUT2D eigenvalue weighted by Gasteiger charge is 2.17. The SMILES string of the molecule is CCc1ccc(-c2nc3sc(C)c(C)n3c2/C=C/C(=O)O)cc1. The minimum Gasteiger partial charge on any atom is -0.478 e. The Kier molecular flexibility index (Phi) is 4.05. The van der Waals surface area contributed by atoms with Gasteiger partial charge in [-0.05, 0) is 31.9 Å². The molecule has 2 heterocycles. The number of fused-ring (bicyclic) bond motifs is 1. The van der Waals surface area contributed by atoms with Crippen LogP contribution in [0.4, 0.5) is 0 Å². The van der Waals surface area contributed by atoms with Crippen molar-refractivity contribution in [3.63, 3.8) is 0 Å². The van der Waals surface area contributed by atoms with Crippen LogP contribution in [0.15, 0.2) is 30.3 Å². The summed E-state index contributed by atoms with van der Waals surface area (Å²) in [6.07, 6.45) is 3.78. The highest BCUT2D eigenvalue weighted by Crippen LogP contribution is 2.31. The molecule has 4 nitrogen and oxygen atoms in total. The number of carboxylic acid groups (broad SMARTS) is 1. The Morgan fingerprint density at radius 1 is 1.30 bits per heavy atom. The van der Waals surface area contributed by atoms with Gasteiger partial charge in [0.05, 0.1) is 11.4 Å². The van der Waals surface area contributed by atoms with E-state index >= 15 is 0 Å². The molecule has 0 fully saturated rings. The number of benzene rings is 1.